The second-order valence-electron chi connectivity index (χ2n) is 4.31. The van der Waals surface area contributed by atoms with Gasteiger partial charge in [0, 0.05) is 19.2 Å². The lowest BCUT2D eigenvalue weighted by Gasteiger charge is -2.21. The molecule has 0 spiro atoms. The summed E-state index contributed by atoms with van der Waals surface area (Å²) in [4.78, 5) is 10.3. The Kier molecular flexibility index (Phi) is 3.88. The van der Waals surface area contributed by atoms with E-state index in [0.717, 1.165) is 24.3 Å². The molecule has 0 unspecified atom stereocenters. The number of aromatic nitrogens is 2. The Morgan fingerprint density at radius 2 is 2.07 bits per heavy atom. The largest absolute Gasteiger partial charge is 0.383 e. The molecular formula is C11H20N4. The molecule has 4 heteroatoms. The topological polar surface area (TPSA) is 55.0 Å². The van der Waals surface area contributed by atoms with E-state index in [2.05, 4.69) is 28.7 Å². The highest BCUT2D eigenvalue weighted by atomic mass is 15.2. The number of nitrogen functional groups attached to an aromatic ring is 1. The fourth-order valence-corrected chi connectivity index (χ4v) is 1.40. The second kappa shape index (κ2) is 4.96. The first kappa shape index (κ1) is 11.8. The highest BCUT2D eigenvalue weighted by Gasteiger charge is 2.09. The first-order valence-corrected chi connectivity index (χ1v) is 5.30. The Morgan fingerprint density at radius 1 is 1.40 bits per heavy atom. The number of anilines is 2. The maximum atomic E-state index is 5.74. The maximum Gasteiger partial charge on any atom is 0.136 e. The van der Waals surface area contributed by atoms with Crippen molar-refractivity contribution in [2.75, 3.05) is 24.2 Å². The van der Waals surface area contributed by atoms with Crippen molar-refractivity contribution in [3.05, 3.63) is 11.9 Å². The molecule has 0 aliphatic rings. The molecule has 0 aliphatic heterocycles. The molecule has 1 aromatic rings. The molecule has 0 fully saturated rings. The normalized spacial score (nSPS) is 10.7. The zero-order valence-corrected chi connectivity index (χ0v) is 9.99. The predicted molar refractivity (Wildman–Crippen MR) is 63.9 cm³/mol. The minimum Gasteiger partial charge on any atom is -0.383 e. The zero-order chi connectivity index (χ0) is 11.4. The molecule has 4 nitrogen and oxygen atoms in total. The number of rotatable bonds is 4. The van der Waals surface area contributed by atoms with E-state index in [0.29, 0.717) is 11.7 Å². The van der Waals surface area contributed by atoms with Crippen molar-refractivity contribution >= 4 is 11.6 Å². The molecule has 0 atom stereocenters. The Labute approximate surface area is 91.5 Å². The SMILES string of the molecule is Cc1c(N)ncnc1N(C)CCC(C)C. The van der Waals surface area contributed by atoms with E-state index in [-0.39, 0.29) is 0 Å². The summed E-state index contributed by atoms with van der Waals surface area (Å²) in [5.74, 6) is 2.20. The lowest BCUT2D eigenvalue weighted by Crippen LogP contribution is -2.22. The third kappa shape index (κ3) is 3.08. The molecule has 0 aromatic carbocycles. The van der Waals surface area contributed by atoms with Gasteiger partial charge in [0.1, 0.15) is 18.0 Å². The standard InChI is InChI=1S/C11H20N4/c1-8(2)5-6-15(4)11-9(3)10(12)13-7-14-11/h7-8H,5-6H2,1-4H3,(H2,12,13,14). The minimum absolute atomic E-state index is 0.566. The van der Waals surface area contributed by atoms with Crippen LogP contribution in [0.4, 0.5) is 11.6 Å². The van der Waals surface area contributed by atoms with E-state index in [1.54, 1.807) is 0 Å². The van der Waals surface area contributed by atoms with Crippen LogP contribution >= 0.6 is 0 Å². The Morgan fingerprint density at radius 3 is 2.67 bits per heavy atom. The van der Waals surface area contributed by atoms with Crippen LogP contribution in [0.25, 0.3) is 0 Å². The molecule has 0 aliphatic carbocycles. The van der Waals surface area contributed by atoms with Crippen molar-refractivity contribution in [1.29, 1.82) is 0 Å². The molecule has 1 rings (SSSR count). The summed E-state index contributed by atoms with van der Waals surface area (Å²) in [7, 11) is 2.04. The smallest absolute Gasteiger partial charge is 0.136 e. The van der Waals surface area contributed by atoms with Gasteiger partial charge in [-0.2, -0.15) is 0 Å². The third-order valence-corrected chi connectivity index (χ3v) is 2.50. The first-order chi connectivity index (χ1) is 7.02. The van der Waals surface area contributed by atoms with Gasteiger partial charge < -0.3 is 10.6 Å². The van der Waals surface area contributed by atoms with Crippen LogP contribution in [-0.4, -0.2) is 23.6 Å². The molecule has 84 valence electrons. The van der Waals surface area contributed by atoms with Crippen LogP contribution in [0.3, 0.4) is 0 Å². The van der Waals surface area contributed by atoms with Crippen molar-refractivity contribution < 1.29 is 0 Å². The molecular weight excluding hydrogens is 188 g/mol. The van der Waals surface area contributed by atoms with Crippen molar-refractivity contribution in [3.8, 4) is 0 Å². The van der Waals surface area contributed by atoms with Crippen LogP contribution in [0.2, 0.25) is 0 Å². The van der Waals surface area contributed by atoms with Gasteiger partial charge in [-0.3, -0.25) is 0 Å². The van der Waals surface area contributed by atoms with E-state index < -0.39 is 0 Å². The summed E-state index contributed by atoms with van der Waals surface area (Å²) in [6.07, 6.45) is 2.67. The van der Waals surface area contributed by atoms with Gasteiger partial charge in [0.05, 0.1) is 0 Å². The molecule has 1 aromatic heterocycles. The highest BCUT2D eigenvalue weighted by molar-refractivity contribution is 5.55. The van der Waals surface area contributed by atoms with E-state index in [1.165, 1.54) is 6.33 Å². The van der Waals surface area contributed by atoms with Crippen LogP contribution < -0.4 is 10.6 Å². The molecule has 0 bridgehead atoms. The predicted octanol–water partition coefficient (Wildman–Crippen LogP) is 1.85. The first-order valence-electron chi connectivity index (χ1n) is 5.30. The summed E-state index contributed by atoms with van der Waals surface area (Å²) >= 11 is 0. The van der Waals surface area contributed by atoms with Crippen LogP contribution in [-0.2, 0) is 0 Å². The number of nitrogens with zero attached hydrogens (tertiary/aromatic N) is 3. The van der Waals surface area contributed by atoms with Gasteiger partial charge in [0.15, 0.2) is 0 Å². The minimum atomic E-state index is 0.566. The molecule has 0 amide bonds. The van der Waals surface area contributed by atoms with Gasteiger partial charge in [-0.05, 0) is 19.3 Å². The van der Waals surface area contributed by atoms with Crippen molar-refractivity contribution in [2.45, 2.75) is 27.2 Å². The quantitative estimate of drug-likeness (QED) is 0.820. The molecule has 1 heterocycles. The summed E-state index contributed by atoms with van der Waals surface area (Å²) in [5, 5.41) is 0. The monoisotopic (exact) mass is 208 g/mol. The van der Waals surface area contributed by atoms with Gasteiger partial charge in [0.25, 0.3) is 0 Å². The van der Waals surface area contributed by atoms with Gasteiger partial charge >= 0.3 is 0 Å². The fourth-order valence-electron chi connectivity index (χ4n) is 1.40. The van der Waals surface area contributed by atoms with Crippen LogP contribution in [0.5, 0.6) is 0 Å². The Hall–Kier alpha value is -1.32. The summed E-state index contributed by atoms with van der Waals surface area (Å²) in [5.41, 5.74) is 6.70. The Bertz CT molecular complexity index is 322. The van der Waals surface area contributed by atoms with Crippen molar-refractivity contribution in [2.24, 2.45) is 5.92 Å². The van der Waals surface area contributed by atoms with Gasteiger partial charge in [-0.15, -0.1) is 0 Å². The highest BCUT2D eigenvalue weighted by Crippen LogP contribution is 2.19. The average Bonchev–Trinajstić information content (AvgIpc) is 2.18. The summed E-state index contributed by atoms with van der Waals surface area (Å²) < 4.78 is 0. The van der Waals surface area contributed by atoms with Crippen LogP contribution in [0.15, 0.2) is 6.33 Å². The van der Waals surface area contributed by atoms with Gasteiger partial charge in [-0.1, -0.05) is 13.8 Å². The lowest BCUT2D eigenvalue weighted by atomic mass is 10.1. The average molecular weight is 208 g/mol. The second-order valence-corrected chi connectivity index (χ2v) is 4.31. The Balaban J connectivity index is 2.73. The molecule has 0 saturated carbocycles. The lowest BCUT2D eigenvalue weighted by molar-refractivity contribution is 0.583. The van der Waals surface area contributed by atoms with Gasteiger partial charge in [0.2, 0.25) is 0 Å². The third-order valence-electron chi connectivity index (χ3n) is 2.50. The van der Waals surface area contributed by atoms with E-state index >= 15 is 0 Å². The van der Waals surface area contributed by atoms with E-state index in [4.69, 9.17) is 5.73 Å². The number of nitrogens with two attached hydrogens (primary N) is 1. The number of hydrogen-bond donors (Lipinski definition) is 1. The van der Waals surface area contributed by atoms with Crippen molar-refractivity contribution in [1.82, 2.24) is 9.97 Å². The summed E-state index contributed by atoms with van der Waals surface area (Å²) in [6, 6.07) is 0. The molecule has 0 radical (unpaired) electrons. The molecule has 2 N–H and O–H groups in total. The van der Waals surface area contributed by atoms with Crippen LogP contribution in [0.1, 0.15) is 25.8 Å². The van der Waals surface area contributed by atoms with Gasteiger partial charge in [-0.25, -0.2) is 9.97 Å². The number of hydrogen-bond acceptors (Lipinski definition) is 4. The van der Waals surface area contributed by atoms with E-state index in [1.807, 2.05) is 14.0 Å². The summed E-state index contributed by atoms with van der Waals surface area (Å²) in [6.45, 7) is 7.38. The molecule has 0 saturated heterocycles. The maximum absolute atomic E-state index is 5.74. The molecule has 15 heavy (non-hydrogen) atoms. The fraction of sp³-hybridized carbons (Fsp3) is 0.636. The van der Waals surface area contributed by atoms with E-state index in [9.17, 15) is 0 Å². The zero-order valence-electron chi connectivity index (χ0n) is 9.99. The van der Waals surface area contributed by atoms with Crippen LogP contribution in [0, 0.1) is 12.8 Å². The van der Waals surface area contributed by atoms with Crippen molar-refractivity contribution in [3.63, 3.8) is 0 Å².